The molecule has 78 valence electrons. The Morgan fingerprint density at radius 2 is 1.40 bits per heavy atom. The van der Waals surface area contributed by atoms with Crippen LogP contribution in [-0.2, 0) is 0 Å². The number of methoxy groups -OCH3 is 1. The van der Waals surface area contributed by atoms with E-state index in [2.05, 4.69) is 42.5 Å². The summed E-state index contributed by atoms with van der Waals surface area (Å²) in [4.78, 5) is 0. The molecular formula is C13H12IO-. The first-order valence-corrected chi connectivity index (χ1v) is 6.88. The van der Waals surface area contributed by atoms with Crippen molar-refractivity contribution in [3.05, 3.63) is 61.7 Å². The molecule has 2 heteroatoms. The van der Waals surface area contributed by atoms with E-state index in [0.717, 1.165) is 5.75 Å². The molecule has 0 aliphatic carbocycles. The van der Waals surface area contributed by atoms with Crippen LogP contribution in [0, 0.1) is 7.14 Å². The zero-order valence-electron chi connectivity index (χ0n) is 8.48. The Morgan fingerprint density at radius 3 is 2.00 bits per heavy atom. The summed E-state index contributed by atoms with van der Waals surface area (Å²) < 4.78 is 7.99. The minimum atomic E-state index is -0.0449. The molecular weight excluding hydrogens is 299 g/mol. The molecule has 0 N–H and O–H groups in total. The number of halogens is 1. The molecule has 0 amide bonds. The molecule has 15 heavy (non-hydrogen) atoms. The van der Waals surface area contributed by atoms with Crippen molar-refractivity contribution in [3.63, 3.8) is 0 Å². The first kappa shape index (κ1) is 10.5. The van der Waals surface area contributed by atoms with Crippen LogP contribution in [0.2, 0.25) is 0 Å². The summed E-state index contributed by atoms with van der Waals surface area (Å²) in [6.45, 7) is 0. The van der Waals surface area contributed by atoms with E-state index in [4.69, 9.17) is 4.74 Å². The molecule has 0 aliphatic rings. The molecule has 2 aromatic rings. The third-order valence-corrected chi connectivity index (χ3v) is 4.68. The van der Waals surface area contributed by atoms with Gasteiger partial charge in [0.1, 0.15) is 0 Å². The topological polar surface area (TPSA) is 9.23 Å². The van der Waals surface area contributed by atoms with Gasteiger partial charge in [0.15, 0.2) is 0 Å². The maximum absolute atomic E-state index is 5.13. The van der Waals surface area contributed by atoms with E-state index < -0.39 is 0 Å². The van der Waals surface area contributed by atoms with E-state index in [9.17, 15) is 0 Å². The summed E-state index contributed by atoms with van der Waals surface area (Å²) >= 11 is -0.0449. The number of rotatable bonds is 3. The summed E-state index contributed by atoms with van der Waals surface area (Å²) in [6, 6.07) is 19.0. The molecule has 2 rings (SSSR count). The Labute approximate surface area is 100 Å². The van der Waals surface area contributed by atoms with Crippen LogP contribution in [0.1, 0.15) is 0 Å². The molecule has 0 fully saturated rings. The van der Waals surface area contributed by atoms with Crippen LogP contribution in [-0.4, -0.2) is 7.11 Å². The number of ether oxygens (including phenoxy) is 1. The molecule has 0 saturated carbocycles. The average molecular weight is 311 g/mol. The van der Waals surface area contributed by atoms with Crippen molar-refractivity contribution in [2.24, 2.45) is 0 Å². The summed E-state index contributed by atoms with van der Waals surface area (Å²) in [5.41, 5.74) is 0. The molecule has 0 aromatic heterocycles. The van der Waals surface area contributed by atoms with E-state index in [-0.39, 0.29) is 21.2 Å². The van der Waals surface area contributed by atoms with Gasteiger partial charge >= 0.3 is 101 Å². The Morgan fingerprint density at radius 1 is 0.800 bits per heavy atom. The van der Waals surface area contributed by atoms with Gasteiger partial charge in [-0.1, -0.05) is 0 Å². The van der Waals surface area contributed by atoms with E-state index >= 15 is 0 Å². The zero-order valence-corrected chi connectivity index (χ0v) is 10.6. The standard InChI is InChI=1S/C13H12IO/c1-15-13-9-7-12(8-10-13)14-11-5-3-2-4-6-11/h2-10H,1H3/q-1. The molecule has 2 aromatic carbocycles. The Kier molecular flexibility index (Phi) is 3.61. The second kappa shape index (κ2) is 5.16. The third kappa shape index (κ3) is 2.96. The third-order valence-electron chi connectivity index (χ3n) is 2.00. The molecule has 0 heterocycles. The van der Waals surface area contributed by atoms with E-state index in [0.29, 0.717) is 0 Å². The van der Waals surface area contributed by atoms with Crippen molar-refractivity contribution in [1.29, 1.82) is 0 Å². The van der Waals surface area contributed by atoms with Crippen LogP contribution >= 0.6 is 0 Å². The van der Waals surface area contributed by atoms with Crippen LogP contribution < -0.4 is 25.9 Å². The molecule has 0 spiro atoms. The molecule has 1 nitrogen and oxygen atoms in total. The minimum absolute atomic E-state index is 0.0449. The predicted molar refractivity (Wildman–Crippen MR) is 56.8 cm³/mol. The molecule has 0 atom stereocenters. The van der Waals surface area contributed by atoms with Gasteiger partial charge in [0, 0.05) is 0 Å². The molecule has 0 bridgehead atoms. The van der Waals surface area contributed by atoms with Gasteiger partial charge in [-0.25, -0.2) is 0 Å². The van der Waals surface area contributed by atoms with Gasteiger partial charge in [0.25, 0.3) is 0 Å². The van der Waals surface area contributed by atoms with Crippen LogP contribution in [0.15, 0.2) is 54.6 Å². The van der Waals surface area contributed by atoms with Crippen molar-refractivity contribution in [3.8, 4) is 5.75 Å². The number of benzene rings is 2. The molecule has 0 aliphatic heterocycles. The average Bonchev–Trinajstić information content (AvgIpc) is 2.31. The summed E-state index contributed by atoms with van der Waals surface area (Å²) in [5.74, 6) is 0.927. The second-order valence-corrected chi connectivity index (χ2v) is 6.08. The fraction of sp³-hybridized carbons (Fsp3) is 0.0769. The predicted octanol–water partition coefficient (Wildman–Crippen LogP) is -0.176. The Balaban J connectivity index is 2.11. The fourth-order valence-electron chi connectivity index (χ4n) is 1.24. The number of hydrogen-bond donors (Lipinski definition) is 0. The first-order chi connectivity index (χ1) is 7.38. The van der Waals surface area contributed by atoms with Crippen LogP contribution in [0.5, 0.6) is 5.75 Å². The van der Waals surface area contributed by atoms with Crippen molar-refractivity contribution in [2.45, 2.75) is 0 Å². The van der Waals surface area contributed by atoms with Crippen molar-refractivity contribution in [2.75, 3.05) is 7.11 Å². The van der Waals surface area contributed by atoms with Gasteiger partial charge in [-0.3, -0.25) is 0 Å². The van der Waals surface area contributed by atoms with Gasteiger partial charge in [-0.2, -0.15) is 0 Å². The fourth-order valence-corrected chi connectivity index (χ4v) is 3.45. The van der Waals surface area contributed by atoms with Crippen LogP contribution in [0.4, 0.5) is 0 Å². The van der Waals surface area contributed by atoms with Gasteiger partial charge in [0.2, 0.25) is 0 Å². The van der Waals surface area contributed by atoms with Crippen LogP contribution in [0.3, 0.4) is 0 Å². The zero-order chi connectivity index (χ0) is 10.5. The molecule has 0 radical (unpaired) electrons. The van der Waals surface area contributed by atoms with Crippen molar-refractivity contribution in [1.82, 2.24) is 0 Å². The van der Waals surface area contributed by atoms with Gasteiger partial charge < -0.3 is 0 Å². The molecule has 0 unspecified atom stereocenters. The van der Waals surface area contributed by atoms with Gasteiger partial charge in [-0.05, 0) is 0 Å². The van der Waals surface area contributed by atoms with Gasteiger partial charge in [0.05, 0.1) is 0 Å². The first-order valence-electron chi connectivity index (χ1n) is 4.72. The second-order valence-electron chi connectivity index (χ2n) is 3.05. The normalized spacial score (nSPS) is 10.2. The maximum atomic E-state index is 5.13. The summed E-state index contributed by atoms with van der Waals surface area (Å²) in [5, 5.41) is 0. The van der Waals surface area contributed by atoms with Crippen molar-refractivity contribution < 1.29 is 25.9 Å². The monoisotopic (exact) mass is 311 g/mol. The van der Waals surface area contributed by atoms with Crippen molar-refractivity contribution >= 4 is 0 Å². The summed E-state index contributed by atoms with van der Waals surface area (Å²) in [7, 11) is 1.70. The quantitative estimate of drug-likeness (QED) is 0.715. The Bertz CT molecular complexity index is 408. The van der Waals surface area contributed by atoms with E-state index in [1.165, 1.54) is 7.14 Å². The number of hydrogen-bond acceptors (Lipinski definition) is 1. The molecule has 0 saturated heterocycles. The van der Waals surface area contributed by atoms with Gasteiger partial charge in [-0.15, -0.1) is 0 Å². The van der Waals surface area contributed by atoms with E-state index in [1.807, 2.05) is 12.1 Å². The van der Waals surface area contributed by atoms with E-state index in [1.54, 1.807) is 7.11 Å². The summed E-state index contributed by atoms with van der Waals surface area (Å²) in [6.07, 6.45) is 0. The Hall–Kier alpha value is -1.03. The van der Waals surface area contributed by atoms with Crippen LogP contribution in [0.25, 0.3) is 0 Å². The SMILES string of the molecule is COc1ccc([I-]c2ccccc2)cc1.